The monoisotopic (exact) mass is 363 g/mol. The molecule has 138 valence electrons. The predicted molar refractivity (Wildman–Crippen MR) is 99.8 cm³/mol. The quantitative estimate of drug-likeness (QED) is 0.728. The van der Waals surface area contributed by atoms with Gasteiger partial charge in [0.1, 0.15) is 5.82 Å². The predicted octanol–water partition coefficient (Wildman–Crippen LogP) is 2.26. The molecule has 0 saturated heterocycles. The van der Waals surface area contributed by atoms with Crippen molar-refractivity contribution < 1.29 is 4.79 Å². The number of benzene rings is 1. The fraction of sp³-hybridized carbons (Fsp3) is 0.368. The van der Waals surface area contributed by atoms with Gasteiger partial charge in [-0.15, -0.1) is 5.10 Å². The number of carbonyl (C=O) groups excluding carboxylic acids is 1. The van der Waals surface area contributed by atoms with Crippen molar-refractivity contribution in [2.75, 3.05) is 11.9 Å². The van der Waals surface area contributed by atoms with Gasteiger partial charge in [0.25, 0.3) is 0 Å². The number of fused-ring (bicyclic) bond motifs is 1. The van der Waals surface area contributed by atoms with Gasteiger partial charge >= 0.3 is 6.03 Å². The first-order chi connectivity index (χ1) is 13.3. The van der Waals surface area contributed by atoms with E-state index in [9.17, 15) is 4.79 Å². The summed E-state index contributed by atoms with van der Waals surface area (Å²) in [4.78, 5) is 12.6. The summed E-state index contributed by atoms with van der Waals surface area (Å²) in [6.45, 7) is 0.532. The van der Waals surface area contributed by atoms with E-state index in [1.165, 1.54) is 0 Å². The number of para-hydroxylation sites is 1. The highest BCUT2D eigenvalue weighted by atomic mass is 16.2. The number of aromatic nitrogens is 5. The summed E-state index contributed by atoms with van der Waals surface area (Å²) < 4.78 is 3.69. The number of amides is 2. The Balaban J connectivity index is 1.34. The van der Waals surface area contributed by atoms with Crippen molar-refractivity contribution in [3.63, 3.8) is 0 Å². The van der Waals surface area contributed by atoms with E-state index in [1.54, 1.807) is 6.20 Å². The summed E-state index contributed by atoms with van der Waals surface area (Å²) in [5.41, 5.74) is 3.04. The van der Waals surface area contributed by atoms with Crippen LogP contribution in [0.2, 0.25) is 0 Å². The summed E-state index contributed by atoms with van der Waals surface area (Å²) in [7, 11) is 0. The third-order valence-corrected chi connectivity index (χ3v) is 5.45. The van der Waals surface area contributed by atoms with E-state index in [2.05, 4.69) is 20.9 Å². The second kappa shape index (κ2) is 6.22. The zero-order valence-corrected chi connectivity index (χ0v) is 14.9. The highest BCUT2D eigenvalue weighted by Gasteiger charge is 2.45. The largest absolute Gasteiger partial charge is 0.335 e. The van der Waals surface area contributed by atoms with E-state index >= 15 is 0 Å². The molecule has 2 heterocycles. The molecule has 27 heavy (non-hydrogen) atoms. The highest BCUT2D eigenvalue weighted by Crippen LogP contribution is 2.42. The van der Waals surface area contributed by atoms with E-state index < -0.39 is 0 Å². The average molecular weight is 363 g/mol. The first-order valence-corrected chi connectivity index (χ1v) is 9.33. The van der Waals surface area contributed by atoms with E-state index in [0.717, 1.165) is 54.9 Å². The molecule has 8 heteroatoms. The van der Waals surface area contributed by atoms with Gasteiger partial charge in [-0.05, 0) is 44.2 Å². The molecule has 2 aliphatic rings. The lowest BCUT2D eigenvalue weighted by Gasteiger charge is -2.17. The van der Waals surface area contributed by atoms with Crippen LogP contribution in [0, 0.1) is 0 Å². The minimum absolute atomic E-state index is 0.130. The fourth-order valence-electron chi connectivity index (χ4n) is 3.77. The summed E-state index contributed by atoms with van der Waals surface area (Å²) in [6.07, 6.45) is 8.49. The first kappa shape index (κ1) is 16.0. The maximum absolute atomic E-state index is 12.6. The van der Waals surface area contributed by atoms with Crippen molar-refractivity contribution >= 4 is 11.8 Å². The minimum Gasteiger partial charge on any atom is -0.335 e. The molecule has 2 amide bonds. The normalized spacial score (nSPS) is 16.7. The second-order valence-corrected chi connectivity index (χ2v) is 7.25. The summed E-state index contributed by atoms with van der Waals surface area (Å²) in [6, 6.07) is 9.69. The lowest BCUT2D eigenvalue weighted by Crippen LogP contribution is -2.38. The highest BCUT2D eigenvalue weighted by molar-refractivity contribution is 5.89. The maximum Gasteiger partial charge on any atom is 0.320 e. The molecule has 1 aromatic carbocycles. The third-order valence-electron chi connectivity index (χ3n) is 5.45. The van der Waals surface area contributed by atoms with Gasteiger partial charge in [-0.25, -0.2) is 14.2 Å². The second-order valence-electron chi connectivity index (χ2n) is 7.25. The van der Waals surface area contributed by atoms with Crippen LogP contribution >= 0.6 is 0 Å². The van der Waals surface area contributed by atoms with Gasteiger partial charge in [0.05, 0.1) is 23.1 Å². The molecule has 3 aromatic rings. The Morgan fingerprint density at radius 2 is 2.04 bits per heavy atom. The van der Waals surface area contributed by atoms with Crippen molar-refractivity contribution in [2.24, 2.45) is 0 Å². The molecule has 1 saturated carbocycles. The Labute approximate surface area is 156 Å². The third kappa shape index (κ3) is 2.87. The maximum atomic E-state index is 12.6. The Kier molecular flexibility index (Phi) is 3.70. The molecular formula is C19H21N7O. The number of aryl methyl sites for hydroxylation is 1. The van der Waals surface area contributed by atoms with Crippen LogP contribution in [0.25, 0.3) is 5.69 Å². The van der Waals surface area contributed by atoms with Crippen LogP contribution in [-0.4, -0.2) is 37.4 Å². The summed E-state index contributed by atoms with van der Waals surface area (Å²) in [5, 5.41) is 18.7. The SMILES string of the molecule is O=C(NCC1(n2ccnn2)CC1)Nc1c2c(nn1-c1ccccc1)CCC2. The van der Waals surface area contributed by atoms with Crippen LogP contribution in [0.4, 0.5) is 10.6 Å². The minimum atomic E-state index is -0.215. The van der Waals surface area contributed by atoms with Crippen LogP contribution in [0.3, 0.4) is 0 Å². The molecule has 2 N–H and O–H groups in total. The Morgan fingerprint density at radius 3 is 2.78 bits per heavy atom. The Bertz CT molecular complexity index is 958. The van der Waals surface area contributed by atoms with Gasteiger partial charge in [0.2, 0.25) is 0 Å². The van der Waals surface area contributed by atoms with Crippen molar-refractivity contribution in [2.45, 2.75) is 37.6 Å². The smallest absolute Gasteiger partial charge is 0.320 e. The van der Waals surface area contributed by atoms with E-state index in [-0.39, 0.29) is 11.6 Å². The van der Waals surface area contributed by atoms with Crippen LogP contribution < -0.4 is 10.6 Å². The van der Waals surface area contributed by atoms with Crippen LogP contribution in [0.1, 0.15) is 30.5 Å². The van der Waals surface area contributed by atoms with Gasteiger partial charge in [-0.1, -0.05) is 23.4 Å². The molecule has 0 unspecified atom stereocenters. The zero-order chi connectivity index (χ0) is 18.3. The van der Waals surface area contributed by atoms with Crippen LogP contribution in [0.15, 0.2) is 42.7 Å². The standard InChI is InChI=1S/C19H21N7O/c27-18(20-13-19(9-10-19)25-12-11-21-24-25)22-17-15-7-4-8-16(15)23-26(17)14-5-2-1-3-6-14/h1-3,5-6,11-12H,4,7-10,13H2,(H2,20,22,27). The number of nitrogens with zero attached hydrogens (tertiary/aromatic N) is 5. The lowest BCUT2D eigenvalue weighted by atomic mass is 10.2. The average Bonchev–Trinajstić information content (AvgIpc) is 3.09. The number of hydrogen-bond acceptors (Lipinski definition) is 4. The summed E-state index contributed by atoms with van der Waals surface area (Å²) in [5.74, 6) is 0.775. The first-order valence-electron chi connectivity index (χ1n) is 9.33. The summed E-state index contributed by atoms with van der Waals surface area (Å²) >= 11 is 0. The fourth-order valence-corrected chi connectivity index (χ4v) is 3.77. The molecule has 0 bridgehead atoms. The van der Waals surface area contributed by atoms with Crippen molar-refractivity contribution in [3.8, 4) is 5.69 Å². The number of urea groups is 1. The topological polar surface area (TPSA) is 89.7 Å². The number of rotatable bonds is 5. The molecule has 0 radical (unpaired) electrons. The van der Waals surface area contributed by atoms with E-state index in [4.69, 9.17) is 5.10 Å². The van der Waals surface area contributed by atoms with Gasteiger partial charge in [-0.3, -0.25) is 5.32 Å². The molecule has 8 nitrogen and oxygen atoms in total. The Morgan fingerprint density at radius 1 is 1.19 bits per heavy atom. The number of anilines is 1. The van der Waals surface area contributed by atoms with E-state index in [0.29, 0.717) is 6.54 Å². The molecule has 0 spiro atoms. The van der Waals surface area contributed by atoms with Crippen molar-refractivity contribution in [1.82, 2.24) is 30.1 Å². The van der Waals surface area contributed by atoms with Gasteiger partial charge < -0.3 is 5.32 Å². The number of hydrogen-bond donors (Lipinski definition) is 2. The lowest BCUT2D eigenvalue weighted by molar-refractivity contribution is 0.248. The number of nitrogens with one attached hydrogen (secondary N) is 2. The van der Waals surface area contributed by atoms with Gasteiger partial charge in [-0.2, -0.15) is 5.10 Å². The zero-order valence-electron chi connectivity index (χ0n) is 14.9. The molecule has 2 aliphatic carbocycles. The number of carbonyl (C=O) groups is 1. The van der Waals surface area contributed by atoms with E-state index in [1.807, 2.05) is 45.9 Å². The molecule has 0 atom stereocenters. The molecule has 0 aliphatic heterocycles. The van der Waals surface area contributed by atoms with Crippen molar-refractivity contribution in [3.05, 3.63) is 54.0 Å². The molecule has 1 fully saturated rings. The molecular weight excluding hydrogens is 342 g/mol. The Hall–Kier alpha value is -3.16. The van der Waals surface area contributed by atoms with Gasteiger partial charge in [0.15, 0.2) is 0 Å². The molecule has 5 rings (SSSR count). The van der Waals surface area contributed by atoms with Crippen LogP contribution in [0.5, 0.6) is 0 Å². The van der Waals surface area contributed by atoms with Crippen molar-refractivity contribution in [1.29, 1.82) is 0 Å². The molecule has 2 aromatic heterocycles. The van der Waals surface area contributed by atoms with Crippen LogP contribution in [-0.2, 0) is 18.4 Å². The van der Waals surface area contributed by atoms with Gasteiger partial charge in [0, 0.05) is 18.3 Å².